The summed E-state index contributed by atoms with van der Waals surface area (Å²) in [6, 6.07) is 0.435. The van der Waals surface area contributed by atoms with Gasteiger partial charge in [0, 0.05) is 13.0 Å². The molecule has 2 aliphatic rings. The van der Waals surface area contributed by atoms with Crippen molar-refractivity contribution in [3.05, 3.63) is 11.6 Å². The molecule has 0 aliphatic carbocycles. The molecule has 1 unspecified atom stereocenters. The highest BCUT2D eigenvalue weighted by Crippen LogP contribution is 2.24. The van der Waals surface area contributed by atoms with E-state index >= 15 is 0 Å². The third kappa shape index (κ3) is 2.58. The van der Waals surface area contributed by atoms with E-state index in [0.29, 0.717) is 6.04 Å². The van der Waals surface area contributed by atoms with Crippen molar-refractivity contribution in [3.8, 4) is 0 Å². The van der Waals surface area contributed by atoms with E-state index in [1.54, 1.807) is 0 Å². The van der Waals surface area contributed by atoms with Crippen LogP contribution in [0.1, 0.15) is 69.1 Å². The molecule has 0 aromatic carbocycles. The lowest BCUT2D eigenvalue weighted by Gasteiger charge is -2.21. The molecule has 3 heterocycles. The van der Waals surface area contributed by atoms with Gasteiger partial charge in [-0.1, -0.05) is 25.7 Å². The summed E-state index contributed by atoms with van der Waals surface area (Å²) < 4.78 is 2.40. The summed E-state index contributed by atoms with van der Waals surface area (Å²) in [4.78, 5) is 0. The first-order valence-corrected chi connectivity index (χ1v) is 7.60. The quantitative estimate of drug-likeness (QED) is 0.830. The molecular weight excluding hydrogens is 224 g/mol. The van der Waals surface area contributed by atoms with Crippen LogP contribution >= 0.6 is 0 Å². The fourth-order valence-corrected chi connectivity index (χ4v) is 3.19. The molecule has 1 aromatic heterocycles. The van der Waals surface area contributed by atoms with E-state index in [4.69, 9.17) is 0 Å². The maximum atomic E-state index is 4.49. The molecule has 1 N–H and O–H groups in total. The highest BCUT2D eigenvalue weighted by Gasteiger charge is 2.22. The lowest BCUT2D eigenvalue weighted by atomic mass is 10.0. The zero-order valence-electron chi connectivity index (χ0n) is 11.2. The molecule has 0 spiro atoms. The van der Waals surface area contributed by atoms with Gasteiger partial charge in [-0.2, -0.15) is 0 Å². The van der Waals surface area contributed by atoms with Crippen molar-refractivity contribution in [1.82, 2.24) is 20.1 Å². The van der Waals surface area contributed by atoms with Crippen molar-refractivity contribution in [2.75, 3.05) is 6.54 Å². The number of aromatic nitrogens is 3. The smallest absolute Gasteiger partial charge is 0.150 e. The van der Waals surface area contributed by atoms with Gasteiger partial charge in [-0.25, -0.2) is 0 Å². The summed E-state index contributed by atoms with van der Waals surface area (Å²) in [5.41, 5.74) is 0. The summed E-state index contributed by atoms with van der Waals surface area (Å²) in [7, 11) is 0. The Kier molecular flexibility index (Phi) is 3.93. The standard InChI is InChI=1S/C14H24N4/c1-2-6-10-15-12(8-4-1)14-17-16-13-9-5-3-7-11-18(13)14/h12,15H,1-11H2. The van der Waals surface area contributed by atoms with Crippen molar-refractivity contribution in [2.45, 2.75) is 70.4 Å². The van der Waals surface area contributed by atoms with Gasteiger partial charge in [0.1, 0.15) is 11.6 Å². The van der Waals surface area contributed by atoms with Gasteiger partial charge in [0.2, 0.25) is 0 Å². The molecule has 18 heavy (non-hydrogen) atoms. The minimum absolute atomic E-state index is 0.435. The second kappa shape index (κ2) is 5.83. The number of aryl methyl sites for hydroxylation is 1. The summed E-state index contributed by atoms with van der Waals surface area (Å²) in [5.74, 6) is 2.42. The highest BCUT2D eigenvalue weighted by molar-refractivity contribution is 5.03. The normalized spacial score (nSPS) is 25.9. The Morgan fingerprint density at radius 1 is 0.944 bits per heavy atom. The Bertz CT molecular complexity index is 377. The van der Waals surface area contributed by atoms with Gasteiger partial charge in [-0.3, -0.25) is 0 Å². The Labute approximate surface area is 109 Å². The number of nitrogens with one attached hydrogen (secondary N) is 1. The maximum Gasteiger partial charge on any atom is 0.150 e. The monoisotopic (exact) mass is 248 g/mol. The molecule has 1 saturated heterocycles. The predicted octanol–water partition coefficient (Wildman–Crippen LogP) is 2.60. The van der Waals surface area contributed by atoms with Crippen molar-refractivity contribution < 1.29 is 0 Å². The molecule has 3 rings (SSSR count). The molecule has 2 aliphatic heterocycles. The number of hydrogen-bond acceptors (Lipinski definition) is 3. The van der Waals surface area contributed by atoms with Crippen LogP contribution in [0, 0.1) is 0 Å². The Morgan fingerprint density at radius 3 is 2.83 bits per heavy atom. The molecule has 4 heteroatoms. The van der Waals surface area contributed by atoms with Crippen LogP contribution < -0.4 is 5.32 Å². The summed E-state index contributed by atoms with van der Waals surface area (Å²) >= 11 is 0. The molecule has 0 amide bonds. The number of fused-ring (bicyclic) bond motifs is 1. The van der Waals surface area contributed by atoms with E-state index in [0.717, 1.165) is 19.5 Å². The van der Waals surface area contributed by atoms with Crippen LogP contribution in [0.2, 0.25) is 0 Å². The fourth-order valence-electron chi connectivity index (χ4n) is 3.19. The van der Waals surface area contributed by atoms with Crippen molar-refractivity contribution in [1.29, 1.82) is 0 Å². The molecule has 4 nitrogen and oxygen atoms in total. The van der Waals surface area contributed by atoms with Crippen LogP contribution in [-0.2, 0) is 13.0 Å². The maximum absolute atomic E-state index is 4.49. The number of rotatable bonds is 1. The van der Waals surface area contributed by atoms with Crippen molar-refractivity contribution >= 4 is 0 Å². The van der Waals surface area contributed by atoms with Gasteiger partial charge in [-0.05, 0) is 32.2 Å². The molecule has 1 atom stereocenters. The fraction of sp³-hybridized carbons (Fsp3) is 0.857. The zero-order valence-corrected chi connectivity index (χ0v) is 11.2. The predicted molar refractivity (Wildman–Crippen MR) is 71.4 cm³/mol. The van der Waals surface area contributed by atoms with Gasteiger partial charge in [0.05, 0.1) is 6.04 Å². The summed E-state index contributed by atoms with van der Waals surface area (Å²) in [5, 5.41) is 12.6. The first kappa shape index (κ1) is 12.2. The summed E-state index contributed by atoms with van der Waals surface area (Å²) in [6.45, 7) is 2.25. The molecule has 100 valence electrons. The van der Waals surface area contributed by atoms with Crippen molar-refractivity contribution in [2.24, 2.45) is 0 Å². The molecule has 1 fully saturated rings. The van der Waals surface area contributed by atoms with Gasteiger partial charge in [0.15, 0.2) is 0 Å². The lowest BCUT2D eigenvalue weighted by molar-refractivity contribution is 0.398. The topological polar surface area (TPSA) is 42.7 Å². The van der Waals surface area contributed by atoms with Gasteiger partial charge >= 0.3 is 0 Å². The molecule has 0 radical (unpaired) electrons. The minimum atomic E-state index is 0.435. The average molecular weight is 248 g/mol. The third-order valence-corrected chi connectivity index (χ3v) is 4.26. The largest absolute Gasteiger partial charge is 0.314 e. The van der Waals surface area contributed by atoms with E-state index in [1.807, 2.05) is 0 Å². The minimum Gasteiger partial charge on any atom is -0.314 e. The lowest BCUT2D eigenvalue weighted by Crippen LogP contribution is -2.27. The van der Waals surface area contributed by atoms with Crippen molar-refractivity contribution in [3.63, 3.8) is 0 Å². The van der Waals surface area contributed by atoms with Gasteiger partial charge in [0.25, 0.3) is 0 Å². The second-order valence-corrected chi connectivity index (χ2v) is 5.65. The van der Waals surface area contributed by atoms with Crippen LogP contribution in [0.4, 0.5) is 0 Å². The Hall–Kier alpha value is -0.900. The SMILES string of the molecule is C1CCCC(c2nnc3n2CCCCC3)NCC1. The zero-order chi connectivity index (χ0) is 12.2. The Morgan fingerprint density at radius 2 is 1.83 bits per heavy atom. The van der Waals surface area contributed by atoms with Crippen LogP contribution in [0.5, 0.6) is 0 Å². The first-order chi connectivity index (χ1) is 8.95. The molecular formula is C14H24N4. The summed E-state index contributed by atoms with van der Waals surface area (Å²) in [6.07, 6.45) is 11.6. The number of nitrogens with zero attached hydrogens (tertiary/aromatic N) is 3. The average Bonchev–Trinajstić information content (AvgIpc) is 2.59. The van der Waals surface area contributed by atoms with Gasteiger partial charge < -0.3 is 9.88 Å². The molecule has 1 aromatic rings. The van der Waals surface area contributed by atoms with E-state index in [9.17, 15) is 0 Å². The molecule has 0 saturated carbocycles. The van der Waals surface area contributed by atoms with Crippen LogP contribution in [0.25, 0.3) is 0 Å². The van der Waals surface area contributed by atoms with E-state index < -0.39 is 0 Å². The van der Waals surface area contributed by atoms with Crippen LogP contribution in [-0.4, -0.2) is 21.3 Å². The van der Waals surface area contributed by atoms with Crippen LogP contribution in [0.15, 0.2) is 0 Å². The van der Waals surface area contributed by atoms with E-state index in [2.05, 4.69) is 20.1 Å². The highest BCUT2D eigenvalue weighted by atomic mass is 15.3. The molecule has 0 bridgehead atoms. The van der Waals surface area contributed by atoms with Crippen LogP contribution in [0.3, 0.4) is 0 Å². The second-order valence-electron chi connectivity index (χ2n) is 5.65. The number of hydrogen-bond donors (Lipinski definition) is 1. The first-order valence-electron chi connectivity index (χ1n) is 7.60. The van der Waals surface area contributed by atoms with E-state index in [1.165, 1.54) is 63.0 Å². The van der Waals surface area contributed by atoms with E-state index in [-0.39, 0.29) is 0 Å². The Balaban J connectivity index is 1.79. The third-order valence-electron chi connectivity index (χ3n) is 4.26. The van der Waals surface area contributed by atoms with Gasteiger partial charge in [-0.15, -0.1) is 10.2 Å².